The molecule has 6 rings (SSSR count). The van der Waals surface area contributed by atoms with Crippen LogP contribution in [-0.4, -0.2) is 68.8 Å². The van der Waals surface area contributed by atoms with Gasteiger partial charge in [-0.3, -0.25) is 14.3 Å². The first-order chi connectivity index (χ1) is 19.1. The van der Waals surface area contributed by atoms with Crippen LogP contribution in [0.1, 0.15) is 102 Å². The lowest BCUT2D eigenvalue weighted by atomic mass is 9.44. The molecule has 7 heteroatoms. The number of aromatic nitrogens is 2. The van der Waals surface area contributed by atoms with Crippen LogP contribution in [0.5, 0.6) is 0 Å². The molecule has 1 aromatic rings. The van der Waals surface area contributed by atoms with Gasteiger partial charge in [-0.1, -0.05) is 20.8 Å². The van der Waals surface area contributed by atoms with E-state index in [0.29, 0.717) is 54.9 Å². The van der Waals surface area contributed by atoms with Crippen LogP contribution in [0, 0.1) is 46.3 Å². The number of aliphatic hydroxyl groups is 1. The summed E-state index contributed by atoms with van der Waals surface area (Å²) in [5.74, 6) is 4.82. The van der Waals surface area contributed by atoms with Crippen LogP contribution in [0.15, 0.2) is 12.4 Å². The van der Waals surface area contributed by atoms with Gasteiger partial charge < -0.3 is 14.9 Å². The van der Waals surface area contributed by atoms with E-state index in [0.717, 1.165) is 48.9 Å². The van der Waals surface area contributed by atoms with Crippen molar-refractivity contribution in [1.29, 1.82) is 0 Å². The van der Waals surface area contributed by atoms with Crippen LogP contribution in [0.25, 0.3) is 0 Å². The molecule has 0 bridgehead atoms. The van der Waals surface area contributed by atoms with Crippen molar-refractivity contribution in [3.63, 3.8) is 0 Å². The largest absolute Gasteiger partial charge is 0.393 e. The smallest absolute Gasteiger partial charge is 0.257 e. The van der Waals surface area contributed by atoms with E-state index < -0.39 is 0 Å². The summed E-state index contributed by atoms with van der Waals surface area (Å²) < 4.78 is 1.65. The summed E-state index contributed by atoms with van der Waals surface area (Å²) in [5.41, 5.74) is 1.47. The lowest BCUT2D eigenvalue weighted by Gasteiger charge is -2.61. The first kappa shape index (κ1) is 28.2. The molecule has 1 aromatic heterocycles. The molecule has 1 N–H and O–H groups in total. The van der Waals surface area contributed by atoms with Crippen LogP contribution in [-0.2, 0) is 11.8 Å². The van der Waals surface area contributed by atoms with Gasteiger partial charge in [0.1, 0.15) is 0 Å². The van der Waals surface area contributed by atoms with Crippen molar-refractivity contribution < 1.29 is 14.7 Å². The summed E-state index contributed by atoms with van der Waals surface area (Å²) in [6.07, 6.45) is 16.3. The molecule has 7 nitrogen and oxygen atoms in total. The van der Waals surface area contributed by atoms with Gasteiger partial charge in [-0.2, -0.15) is 5.10 Å². The SMILES string of the molecule is C[C@H](CCC(=O)N1CCN(C(=O)c2cnn(C)c2)CC1)[C@H]1CC[C@H]2[C@@H]3CC[C@H]4C[C@@H](O)CC[C@]4(C)[C@H]3CC[C@]12C. The van der Waals surface area contributed by atoms with E-state index in [4.69, 9.17) is 0 Å². The molecule has 222 valence electrons. The van der Waals surface area contributed by atoms with Crippen molar-refractivity contribution in [1.82, 2.24) is 19.6 Å². The van der Waals surface area contributed by atoms with Gasteiger partial charge in [0.05, 0.1) is 17.9 Å². The molecule has 2 amide bonds. The maximum atomic E-state index is 13.2. The topological polar surface area (TPSA) is 78.7 Å². The normalized spacial score (nSPS) is 40.2. The Labute approximate surface area is 241 Å². The number of nitrogens with zero attached hydrogens (tertiary/aromatic N) is 4. The lowest BCUT2D eigenvalue weighted by molar-refractivity contribution is -0.134. The minimum absolute atomic E-state index is 0.0103. The number of carbonyl (C=O) groups excluding carboxylic acids is 2. The van der Waals surface area contributed by atoms with E-state index in [-0.39, 0.29) is 17.9 Å². The summed E-state index contributed by atoms with van der Waals surface area (Å²) in [7, 11) is 1.82. The second-order valence-electron chi connectivity index (χ2n) is 14.9. The molecule has 0 aromatic carbocycles. The van der Waals surface area contributed by atoms with Crippen LogP contribution >= 0.6 is 0 Å². The highest BCUT2D eigenvalue weighted by atomic mass is 16.3. The number of aliphatic hydroxyl groups excluding tert-OH is 1. The summed E-state index contributed by atoms with van der Waals surface area (Å²) >= 11 is 0. The van der Waals surface area contributed by atoms with E-state index in [1.165, 1.54) is 44.9 Å². The molecule has 5 aliphatic rings. The van der Waals surface area contributed by atoms with Crippen LogP contribution < -0.4 is 0 Å². The Morgan fingerprint density at radius 3 is 2.40 bits per heavy atom. The maximum Gasteiger partial charge on any atom is 0.257 e. The van der Waals surface area contributed by atoms with E-state index in [2.05, 4.69) is 25.9 Å². The number of piperazine rings is 1. The molecule has 5 fully saturated rings. The molecular weight excluding hydrogens is 500 g/mol. The molecule has 4 saturated carbocycles. The van der Waals surface area contributed by atoms with Crippen molar-refractivity contribution in [2.24, 2.45) is 53.4 Å². The van der Waals surface area contributed by atoms with E-state index in [1.54, 1.807) is 17.1 Å². The van der Waals surface area contributed by atoms with Gasteiger partial charge in [0.2, 0.25) is 5.91 Å². The van der Waals surface area contributed by atoms with Gasteiger partial charge in [-0.25, -0.2) is 0 Å². The van der Waals surface area contributed by atoms with Gasteiger partial charge in [0.25, 0.3) is 5.91 Å². The maximum absolute atomic E-state index is 13.2. The van der Waals surface area contributed by atoms with Gasteiger partial charge in [-0.15, -0.1) is 0 Å². The number of fused-ring (bicyclic) bond motifs is 5. The predicted molar refractivity (Wildman–Crippen MR) is 155 cm³/mol. The van der Waals surface area contributed by atoms with Gasteiger partial charge in [0.15, 0.2) is 0 Å². The zero-order chi connectivity index (χ0) is 28.2. The monoisotopic (exact) mass is 552 g/mol. The minimum Gasteiger partial charge on any atom is -0.393 e. The van der Waals surface area contributed by atoms with Crippen molar-refractivity contribution >= 4 is 11.8 Å². The van der Waals surface area contributed by atoms with Crippen molar-refractivity contribution in [3.05, 3.63) is 18.0 Å². The zero-order valence-corrected chi connectivity index (χ0v) is 25.4. The van der Waals surface area contributed by atoms with Crippen molar-refractivity contribution in [2.45, 2.75) is 97.5 Å². The summed E-state index contributed by atoms with van der Waals surface area (Å²) in [4.78, 5) is 29.8. The third-order valence-electron chi connectivity index (χ3n) is 13.1. The Kier molecular flexibility index (Phi) is 7.59. The summed E-state index contributed by atoms with van der Waals surface area (Å²) in [6.45, 7) is 10.1. The molecule has 0 radical (unpaired) electrons. The van der Waals surface area contributed by atoms with Crippen LogP contribution in [0.4, 0.5) is 0 Å². The Balaban J connectivity index is 1.01. The van der Waals surface area contributed by atoms with E-state index >= 15 is 0 Å². The number of carbonyl (C=O) groups is 2. The standard InChI is InChI=1S/C33H52N4O3/c1-22(5-10-30(39)36-15-17-37(18-16-36)31(40)23-20-34-35(4)21-23)27-8-9-28-26-7-6-24-19-25(38)11-13-32(24,2)29(26)12-14-33(27,28)3/h20-22,24-29,38H,5-19H2,1-4H3/t22-,24+,25+,26+,27-,28+,29+,32+,33-/m1/s1. The molecular formula is C33H52N4O3. The fourth-order valence-corrected chi connectivity index (χ4v) is 10.8. The number of aryl methyl sites for hydroxylation is 1. The Bertz CT molecular complexity index is 1100. The molecule has 0 spiro atoms. The van der Waals surface area contributed by atoms with E-state index in [9.17, 15) is 14.7 Å². The quantitative estimate of drug-likeness (QED) is 0.549. The number of amides is 2. The Hall–Kier alpha value is -1.89. The number of hydrogen-bond donors (Lipinski definition) is 1. The van der Waals surface area contributed by atoms with Gasteiger partial charge in [0, 0.05) is 45.8 Å². The highest BCUT2D eigenvalue weighted by Gasteiger charge is 2.60. The predicted octanol–water partition coefficient (Wildman–Crippen LogP) is 5.14. The first-order valence-electron chi connectivity index (χ1n) is 16.3. The second kappa shape index (κ2) is 10.7. The lowest BCUT2D eigenvalue weighted by Crippen LogP contribution is -2.54. The third-order valence-corrected chi connectivity index (χ3v) is 13.1. The zero-order valence-electron chi connectivity index (χ0n) is 25.4. The van der Waals surface area contributed by atoms with E-state index in [1.807, 2.05) is 16.8 Å². The molecule has 1 saturated heterocycles. The van der Waals surface area contributed by atoms with Crippen molar-refractivity contribution in [2.75, 3.05) is 26.2 Å². The second-order valence-corrected chi connectivity index (χ2v) is 14.9. The highest BCUT2D eigenvalue weighted by molar-refractivity contribution is 5.94. The summed E-state index contributed by atoms with van der Waals surface area (Å²) in [5, 5.41) is 14.5. The average molecular weight is 553 g/mol. The fraction of sp³-hybridized carbons (Fsp3) is 0.848. The number of hydrogen-bond acceptors (Lipinski definition) is 4. The first-order valence-corrected chi connectivity index (χ1v) is 16.3. The third kappa shape index (κ3) is 4.82. The van der Waals surface area contributed by atoms with Crippen LogP contribution in [0.3, 0.4) is 0 Å². The van der Waals surface area contributed by atoms with Gasteiger partial charge >= 0.3 is 0 Å². The molecule has 4 aliphatic carbocycles. The Morgan fingerprint density at radius 2 is 1.68 bits per heavy atom. The molecule has 9 atom stereocenters. The number of rotatable bonds is 5. The van der Waals surface area contributed by atoms with Gasteiger partial charge in [-0.05, 0) is 111 Å². The molecule has 40 heavy (non-hydrogen) atoms. The minimum atomic E-state index is -0.0684. The van der Waals surface area contributed by atoms with Crippen molar-refractivity contribution in [3.8, 4) is 0 Å². The highest BCUT2D eigenvalue weighted by Crippen LogP contribution is 2.68. The average Bonchev–Trinajstić information content (AvgIpc) is 3.54. The molecule has 1 aliphatic heterocycles. The molecule has 2 heterocycles. The summed E-state index contributed by atoms with van der Waals surface area (Å²) in [6, 6.07) is 0. The fourth-order valence-electron chi connectivity index (χ4n) is 10.8. The Morgan fingerprint density at radius 1 is 0.975 bits per heavy atom. The molecule has 0 unspecified atom stereocenters. The van der Waals surface area contributed by atoms with Crippen LogP contribution in [0.2, 0.25) is 0 Å².